The predicted molar refractivity (Wildman–Crippen MR) is 48.7 cm³/mol. The summed E-state index contributed by atoms with van der Waals surface area (Å²) in [6.07, 6.45) is 3.69. The fourth-order valence-corrected chi connectivity index (χ4v) is 3.05. The van der Waals surface area contributed by atoms with Gasteiger partial charge in [0.2, 0.25) is 10.0 Å². The van der Waals surface area contributed by atoms with Crippen molar-refractivity contribution in [3.63, 3.8) is 0 Å². The molecule has 0 bridgehead atoms. The van der Waals surface area contributed by atoms with Crippen molar-refractivity contribution in [2.75, 3.05) is 12.8 Å². The average Bonchev–Trinajstić information content (AvgIpc) is 2.58. The van der Waals surface area contributed by atoms with E-state index in [4.69, 9.17) is 0 Å². The van der Waals surface area contributed by atoms with Crippen LogP contribution in [0.3, 0.4) is 0 Å². The van der Waals surface area contributed by atoms with Crippen LogP contribution in [0.4, 0.5) is 0 Å². The van der Waals surface area contributed by atoms with E-state index < -0.39 is 16.1 Å². The number of nitrogens with zero attached hydrogens (tertiary/aromatic N) is 1. The smallest absolute Gasteiger partial charge is 0.211 e. The fraction of sp³-hybridized carbons (Fsp3) is 1.00. The first-order valence-electron chi connectivity index (χ1n) is 4.65. The summed E-state index contributed by atoms with van der Waals surface area (Å²) in [7, 11) is -3.09. The van der Waals surface area contributed by atoms with Crippen LogP contribution in [0, 0.1) is 5.92 Å². The number of sulfonamides is 1. The minimum Gasteiger partial charge on any atom is -0.391 e. The number of hydrogen-bond donors (Lipinski definition) is 1. The Kier molecular flexibility index (Phi) is 2.13. The van der Waals surface area contributed by atoms with Crippen molar-refractivity contribution in [2.24, 2.45) is 5.92 Å². The zero-order valence-electron chi connectivity index (χ0n) is 7.68. The Bertz CT molecular complexity index is 297. The largest absolute Gasteiger partial charge is 0.391 e. The van der Waals surface area contributed by atoms with Gasteiger partial charge in [-0.25, -0.2) is 8.42 Å². The second kappa shape index (κ2) is 2.93. The van der Waals surface area contributed by atoms with E-state index in [0.717, 1.165) is 19.3 Å². The standard InChI is InChI=1S/C8H15NO3S/c1-13(11,12)9-5-4-7(9)8(10)6-2-3-6/h6-8,10H,2-5H2,1H3. The molecular weight excluding hydrogens is 190 g/mol. The summed E-state index contributed by atoms with van der Waals surface area (Å²) in [5.74, 6) is 0.356. The molecule has 1 heterocycles. The summed E-state index contributed by atoms with van der Waals surface area (Å²) in [5, 5.41) is 9.74. The number of aliphatic hydroxyl groups is 1. The zero-order chi connectivity index (χ0) is 9.64. The quantitative estimate of drug-likeness (QED) is 0.693. The first-order valence-corrected chi connectivity index (χ1v) is 6.50. The Morgan fingerprint density at radius 2 is 2.00 bits per heavy atom. The van der Waals surface area contributed by atoms with Gasteiger partial charge in [-0.1, -0.05) is 0 Å². The molecule has 2 atom stereocenters. The molecule has 2 rings (SSSR count). The molecule has 1 saturated heterocycles. The van der Waals surface area contributed by atoms with Gasteiger partial charge in [0, 0.05) is 6.54 Å². The van der Waals surface area contributed by atoms with E-state index in [1.807, 2.05) is 0 Å². The summed E-state index contributed by atoms with van der Waals surface area (Å²) >= 11 is 0. The van der Waals surface area contributed by atoms with E-state index in [0.29, 0.717) is 12.5 Å². The monoisotopic (exact) mass is 205 g/mol. The average molecular weight is 205 g/mol. The number of aliphatic hydroxyl groups excluding tert-OH is 1. The van der Waals surface area contributed by atoms with Gasteiger partial charge < -0.3 is 5.11 Å². The maximum absolute atomic E-state index is 11.2. The van der Waals surface area contributed by atoms with Gasteiger partial charge in [0.05, 0.1) is 18.4 Å². The van der Waals surface area contributed by atoms with Gasteiger partial charge in [-0.15, -0.1) is 0 Å². The van der Waals surface area contributed by atoms with Gasteiger partial charge in [0.25, 0.3) is 0 Å². The van der Waals surface area contributed by atoms with Crippen LogP contribution in [-0.4, -0.2) is 42.8 Å². The summed E-state index contributed by atoms with van der Waals surface area (Å²) in [6.45, 7) is 0.577. The Morgan fingerprint density at radius 3 is 2.31 bits per heavy atom. The molecule has 0 amide bonds. The highest BCUT2D eigenvalue weighted by molar-refractivity contribution is 7.88. The first kappa shape index (κ1) is 9.43. The SMILES string of the molecule is CS(=O)(=O)N1CCC1C(O)C1CC1. The van der Waals surface area contributed by atoms with E-state index in [1.165, 1.54) is 10.6 Å². The Balaban J connectivity index is 2.01. The number of rotatable bonds is 3. The normalized spacial score (nSPS) is 32.6. The van der Waals surface area contributed by atoms with Crippen LogP contribution in [0.25, 0.3) is 0 Å². The predicted octanol–water partition coefficient (Wildman–Crippen LogP) is -0.209. The summed E-state index contributed by atoms with van der Waals surface area (Å²) in [6, 6.07) is -0.137. The lowest BCUT2D eigenvalue weighted by molar-refractivity contribution is 0.0244. The van der Waals surface area contributed by atoms with E-state index in [1.54, 1.807) is 0 Å². The molecule has 1 aliphatic carbocycles. The highest BCUT2D eigenvalue weighted by atomic mass is 32.2. The summed E-state index contributed by atoms with van der Waals surface area (Å²) in [4.78, 5) is 0. The molecule has 0 aromatic heterocycles. The summed E-state index contributed by atoms with van der Waals surface area (Å²) < 4.78 is 23.8. The second-order valence-corrected chi connectivity index (χ2v) is 5.99. The first-order chi connectivity index (χ1) is 6.00. The Hall–Kier alpha value is -0.130. The molecule has 4 nitrogen and oxygen atoms in total. The molecule has 0 aromatic rings. The molecule has 0 radical (unpaired) electrons. The van der Waals surface area contributed by atoms with E-state index in [2.05, 4.69) is 0 Å². The summed E-state index contributed by atoms with van der Waals surface area (Å²) in [5.41, 5.74) is 0. The molecule has 0 aromatic carbocycles. The van der Waals surface area contributed by atoms with E-state index in [-0.39, 0.29) is 6.04 Å². The highest BCUT2D eigenvalue weighted by Gasteiger charge is 2.45. The van der Waals surface area contributed by atoms with Crippen LogP contribution in [0.2, 0.25) is 0 Å². The van der Waals surface area contributed by atoms with Gasteiger partial charge in [-0.05, 0) is 25.2 Å². The van der Waals surface area contributed by atoms with Crippen molar-refractivity contribution in [3.8, 4) is 0 Å². The molecule has 5 heteroatoms. The van der Waals surface area contributed by atoms with Crippen molar-refractivity contribution in [3.05, 3.63) is 0 Å². The molecule has 2 unspecified atom stereocenters. The molecule has 0 spiro atoms. The van der Waals surface area contributed by atoms with Crippen LogP contribution in [0.1, 0.15) is 19.3 Å². The van der Waals surface area contributed by atoms with Crippen LogP contribution in [0.15, 0.2) is 0 Å². The lowest BCUT2D eigenvalue weighted by Gasteiger charge is -2.41. The van der Waals surface area contributed by atoms with Crippen molar-refractivity contribution in [2.45, 2.75) is 31.4 Å². The molecule has 76 valence electrons. The molecule has 1 N–H and O–H groups in total. The molecular formula is C8H15NO3S. The minimum absolute atomic E-state index is 0.137. The van der Waals surface area contributed by atoms with Gasteiger partial charge >= 0.3 is 0 Å². The minimum atomic E-state index is -3.09. The number of hydrogen-bond acceptors (Lipinski definition) is 3. The maximum Gasteiger partial charge on any atom is 0.211 e. The molecule has 1 aliphatic heterocycles. The highest BCUT2D eigenvalue weighted by Crippen LogP contribution is 2.38. The van der Waals surface area contributed by atoms with Crippen LogP contribution in [0.5, 0.6) is 0 Å². The second-order valence-electron chi connectivity index (χ2n) is 4.06. The van der Waals surface area contributed by atoms with E-state index >= 15 is 0 Å². The zero-order valence-corrected chi connectivity index (χ0v) is 8.50. The van der Waals surface area contributed by atoms with Crippen molar-refractivity contribution >= 4 is 10.0 Å². The van der Waals surface area contributed by atoms with Crippen molar-refractivity contribution < 1.29 is 13.5 Å². The fourth-order valence-electron chi connectivity index (χ4n) is 1.89. The maximum atomic E-state index is 11.2. The van der Waals surface area contributed by atoms with Gasteiger partial charge in [-0.2, -0.15) is 4.31 Å². The van der Waals surface area contributed by atoms with Gasteiger partial charge in [0.1, 0.15) is 0 Å². The van der Waals surface area contributed by atoms with Crippen LogP contribution < -0.4 is 0 Å². The van der Waals surface area contributed by atoms with Crippen LogP contribution in [-0.2, 0) is 10.0 Å². The molecule has 13 heavy (non-hydrogen) atoms. The Labute approximate surface area is 78.6 Å². The van der Waals surface area contributed by atoms with Crippen molar-refractivity contribution in [1.29, 1.82) is 0 Å². The lowest BCUT2D eigenvalue weighted by Crippen LogP contribution is -2.56. The molecule has 2 aliphatic rings. The lowest BCUT2D eigenvalue weighted by atomic mass is 9.97. The molecule has 2 fully saturated rings. The third-order valence-electron chi connectivity index (χ3n) is 2.94. The van der Waals surface area contributed by atoms with Crippen molar-refractivity contribution in [1.82, 2.24) is 4.31 Å². The Morgan fingerprint density at radius 1 is 1.38 bits per heavy atom. The van der Waals surface area contributed by atoms with Gasteiger partial charge in [-0.3, -0.25) is 0 Å². The topological polar surface area (TPSA) is 57.6 Å². The van der Waals surface area contributed by atoms with Gasteiger partial charge in [0.15, 0.2) is 0 Å². The molecule has 1 saturated carbocycles. The third kappa shape index (κ3) is 1.73. The van der Waals surface area contributed by atoms with E-state index in [9.17, 15) is 13.5 Å². The third-order valence-corrected chi connectivity index (χ3v) is 4.25. The van der Waals surface area contributed by atoms with Crippen LogP contribution >= 0.6 is 0 Å².